The number of esters is 2. The number of aromatic amines is 1. The van der Waals surface area contributed by atoms with Gasteiger partial charge >= 0.3 is 11.9 Å². The van der Waals surface area contributed by atoms with Gasteiger partial charge in [0.1, 0.15) is 5.69 Å². The van der Waals surface area contributed by atoms with Crippen LogP contribution in [0, 0.1) is 13.8 Å². The first-order chi connectivity index (χ1) is 11.3. The van der Waals surface area contributed by atoms with Crippen LogP contribution in [0.5, 0.6) is 0 Å². The van der Waals surface area contributed by atoms with Gasteiger partial charge < -0.3 is 19.8 Å². The highest BCUT2D eigenvalue weighted by Crippen LogP contribution is 2.20. The maximum atomic E-state index is 12.1. The maximum Gasteiger partial charge on any atom is 0.355 e. The van der Waals surface area contributed by atoms with Gasteiger partial charge in [0.05, 0.1) is 11.7 Å². The Morgan fingerprint density at radius 1 is 1.17 bits per heavy atom. The summed E-state index contributed by atoms with van der Waals surface area (Å²) in [7, 11) is 0. The Bertz CT molecular complexity index is 604. The summed E-state index contributed by atoms with van der Waals surface area (Å²) in [5.41, 5.74) is 1.46. The third-order valence-corrected chi connectivity index (χ3v) is 3.38. The van der Waals surface area contributed by atoms with Crippen molar-refractivity contribution < 1.29 is 23.9 Å². The minimum atomic E-state index is -0.676. The van der Waals surface area contributed by atoms with Crippen molar-refractivity contribution >= 4 is 17.8 Å². The number of H-pyrrole nitrogens is 1. The number of rotatable bonds is 8. The van der Waals surface area contributed by atoms with Crippen molar-refractivity contribution in [3.63, 3.8) is 0 Å². The number of amides is 1. The van der Waals surface area contributed by atoms with Gasteiger partial charge in [0, 0.05) is 12.2 Å². The van der Waals surface area contributed by atoms with Crippen molar-refractivity contribution in [3.05, 3.63) is 22.5 Å². The second-order valence-corrected chi connectivity index (χ2v) is 5.86. The molecule has 1 amide bonds. The topological polar surface area (TPSA) is 97.5 Å². The number of ether oxygens (including phenoxy) is 2. The molecule has 0 fully saturated rings. The van der Waals surface area contributed by atoms with Gasteiger partial charge in [-0.05, 0) is 39.7 Å². The first kappa shape index (κ1) is 19.7. The molecule has 0 aliphatic carbocycles. The van der Waals surface area contributed by atoms with Crippen molar-refractivity contribution in [1.29, 1.82) is 0 Å². The molecular formula is C17H26N2O5. The third kappa shape index (κ3) is 5.40. The van der Waals surface area contributed by atoms with Gasteiger partial charge in [0.2, 0.25) is 0 Å². The highest BCUT2D eigenvalue weighted by molar-refractivity contribution is 5.99. The molecule has 0 aliphatic rings. The summed E-state index contributed by atoms with van der Waals surface area (Å²) in [5.74, 6) is -1.52. The maximum absolute atomic E-state index is 12.1. The van der Waals surface area contributed by atoms with E-state index in [-0.39, 0.29) is 24.3 Å². The van der Waals surface area contributed by atoms with E-state index in [4.69, 9.17) is 9.47 Å². The summed E-state index contributed by atoms with van der Waals surface area (Å²) in [6.45, 7) is 9.04. The molecule has 0 atom stereocenters. The first-order valence-corrected chi connectivity index (χ1v) is 8.11. The second kappa shape index (κ2) is 9.10. The molecule has 7 heteroatoms. The Kier molecular flexibility index (Phi) is 7.48. The number of aromatic nitrogens is 1. The van der Waals surface area contributed by atoms with Crippen LogP contribution >= 0.6 is 0 Å². The molecule has 0 spiro atoms. The van der Waals surface area contributed by atoms with Gasteiger partial charge in [-0.2, -0.15) is 0 Å². The second-order valence-electron chi connectivity index (χ2n) is 5.86. The zero-order chi connectivity index (χ0) is 18.3. The van der Waals surface area contributed by atoms with E-state index in [1.807, 2.05) is 6.92 Å². The molecule has 134 valence electrons. The van der Waals surface area contributed by atoms with E-state index in [1.165, 1.54) is 0 Å². The summed E-state index contributed by atoms with van der Waals surface area (Å²) < 4.78 is 10.2. The van der Waals surface area contributed by atoms with Crippen LogP contribution in [-0.2, 0) is 14.3 Å². The van der Waals surface area contributed by atoms with Gasteiger partial charge in [-0.3, -0.25) is 4.79 Å². The average Bonchev–Trinajstić information content (AvgIpc) is 2.79. The minimum absolute atomic E-state index is 0.157. The zero-order valence-corrected chi connectivity index (χ0v) is 14.9. The molecule has 0 radical (unpaired) electrons. The fourth-order valence-corrected chi connectivity index (χ4v) is 2.19. The van der Waals surface area contributed by atoms with Gasteiger partial charge in [0.25, 0.3) is 5.91 Å². The fraction of sp³-hybridized carbons (Fsp3) is 0.588. The minimum Gasteiger partial charge on any atom is -0.459 e. The lowest BCUT2D eigenvalue weighted by molar-refractivity contribution is -0.124. The summed E-state index contributed by atoms with van der Waals surface area (Å²) in [5, 5.41) is 2.66. The van der Waals surface area contributed by atoms with E-state index in [9.17, 15) is 14.4 Å². The molecule has 0 unspecified atom stereocenters. The fourth-order valence-electron chi connectivity index (χ4n) is 2.19. The Morgan fingerprint density at radius 3 is 2.42 bits per heavy atom. The number of aryl methyl sites for hydroxylation is 1. The van der Waals surface area contributed by atoms with Crippen LogP contribution in [0.3, 0.4) is 0 Å². The quantitative estimate of drug-likeness (QED) is 0.560. The van der Waals surface area contributed by atoms with Crippen LogP contribution in [0.25, 0.3) is 0 Å². The predicted molar refractivity (Wildman–Crippen MR) is 89.0 cm³/mol. The average molecular weight is 338 g/mol. The Balaban J connectivity index is 2.72. The highest BCUT2D eigenvalue weighted by atomic mass is 16.5. The van der Waals surface area contributed by atoms with Crippen LogP contribution in [0.15, 0.2) is 0 Å². The van der Waals surface area contributed by atoms with Crippen LogP contribution < -0.4 is 5.32 Å². The summed E-state index contributed by atoms with van der Waals surface area (Å²) in [6, 6.07) is 0. The molecule has 0 saturated carbocycles. The number of hydrogen-bond acceptors (Lipinski definition) is 5. The van der Waals surface area contributed by atoms with E-state index < -0.39 is 11.9 Å². The van der Waals surface area contributed by atoms with Gasteiger partial charge in [-0.1, -0.05) is 13.3 Å². The van der Waals surface area contributed by atoms with Crippen LogP contribution in [0.4, 0.5) is 0 Å². The zero-order valence-electron chi connectivity index (χ0n) is 14.9. The molecule has 0 bridgehead atoms. The lowest BCUT2D eigenvalue weighted by atomic mass is 10.1. The van der Waals surface area contributed by atoms with E-state index in [1.54, 1.807) is 27.7 Å². The van der Waals surface area contributed by atoms with Gasteiger partial charge in [-0.25, -0.2) is 9.59 Å². The van der Waals surface area contributed by atoms with Crippen molar-refractivity contribution in [1.82, 2.24) is 10.3 Å². The van der Waals surface area contributed by atoms with E-state index in [0.717, 1.165) is 12.8 Å². The van der Waals surface area contributed by atoms with Crippen LogP contribution in [0.2, 0.25) is 0 Å². The summed E-state index contributed by atoms with van der Waals surface area (Å²) in [6.07, 6.45) is 1.58. The SMILES string of the molecule is CCCCNC(=O)COC(=O)c1[nH]c(C)c(C(=O)OC(C)C)c1C. The van der Waals surface area contributed by atoms with Crippen molar-refractivity contribution in [2.24, 2.45) is 0 Å². The molecule has 24 heavy (non-hydrogen) atoms. The highest BCUT2D eigenvalue weighted by Gasteiger charge is 2.24. The number of carbonyl (C=O) groups excluding carboxylic acids is 3. The van der Waals surface area contributed by atoms with Crippen molar-refractivity contribution in [3.8, 4) is 0 Å². The predicted octanol–water partition coefficient (Wildman–Crippen LogP) is 2.27. The van der Waals surface area contributed by atoms with Crippen LogP contribution in [0.1, 0.15) is 65.7 Å². The lowest BCUT2D eigenvalue weighted by Gasteiger charge is -2.08. The monoisotopic (exact) mass is 338 g/mol. The number of unbranched alkanes of at least 4 members (excludes halogenated alkanes) is 1. The molecule has 0 aliphatic heterocycles. The van der Waals surface area contributed by atoms with E-state index in [2.05, 4.69) is 10.3 Å². The lowest BCUT2D eigenvalue weighted by Crippen LogP contribution is -2.29. The van der Waals surface area contributed by atoms with Gasteiger partial charge in [-0.15, -0.1) is 0 Å². The normalized spacial score (nSPS) is 10.6. The van der Waals surface area contributed by atoms with Crippen molar-refractivity contribution in [2.75, 3.05) is 13.2 Å². The summed E-state index contributed by atoms with van der Waals surface area (Å²) >= 11 is 0. The Hall–Kier alpha value is -2.31. The van der Waals surface area contributed by atoms with E-state index >= 15 is 0 Å². The summed E-state index contributed by atoms with van der Waals surface area (Å²) in [4.78, 5) is 38.6. The third-order valence-electron chi connectivity index (χ3n) is 3.38. The molecule has 7 nitrogen and oxygen atoms in total. The molecule has 1 aromatic rings. The smallest absolute Gasteiger partial charge is 0.355 e. The molecule has 1 heterocycles. The number of hydrogen-bond donors (Lipinski definition) is 2. The largest absolute Gasteiger partial charge is 0.459 e. The molecular weight excluding hydrogens is 312 g/mol. The number of nitrogens with one attached hydrogen (secondary N) is 2. The van der Waals surface area contributed by atoms with Crippen LogP contribution in [-0.4, -0.2) is 42.1 Å². The Morgan fingerprint density at radius 2 is 1.83 bits per heavy atom. The van der Waals surface area contributed by atoms with Crippen molar-refractivity contribution in [2.45, 2.75) is 53.6 Å². The standard InChI is InChI=1S/C17H26N2O5/c1-6-7-8-18-13(20)9-23-17(22)15-11(4)14(12(5)19-15)16(21)24-10(2)3/h10,19H,6-9H2,1-5H3,(H,18,20). The first-order valence-electron chi connectivity index (χ1n) is 8.11. The molecule has 1 rings (SSSR count). The molecule has 1 aromatic heterocycles. The molecule has 2 N–H and O–H groups in total. The number of carbonyl (C=O) groups is 3. The Labute approximate surface area is 142 Å². The molecule has 0 saturated heterocycles. The van der Waals surface area contributed by atoms with Gasteiger partial charge in [0.15, 0.2) is 6.61 Å². The molecule has 0 aromatic carbocycles. The van der Waals surface area contributed by atoms with E-state index in [0.29, 0.717) is 23.4 Å².